The summed E-state index contributed by atoms with van der Waals surface area (Å²) in [5, 5.41) is 4.85. The van der Waals surface area contributed by atoms with Crippen molar-refractivity contribution in [2.45, 2.75) is 51.0 Å². The normalized spacial score (nSPS) is 18.0. The molecule has 0 aliphatic heterocycles. The number of pyridine rings is 1. The van der Waals surface area contributed by atoms with E-state index in [0.29, 0.717) is 6.04 Å². The van der Waals surface area contributed by atoms with Gasteiger partial charge < -0.3 is 5.32 Å². The fraction of sp³-hybridized carbons (Fsp3) is 0.526. The van der Waals surface area contributed by atoms with Crippen LogP contribution in [0.4, 0.5) is 0 Å². The van der Waals surface area contributed by atoms with Crippen LogP contribution >= 0.6 is 0 Å². The number of hydrogen-bond acceptors (Lipinski definition) is 2. The molecule has 21 heavy (non-hydrogen) atoms. The van der Waals surface area contributed by atoms with E-state index in [1.807, 2.05) is 6.20 Å². The first-order valence-electron chi connectivity index (χ1n) is 8.36. The van der Waals surface area contributed by atoms with Crippen LogP contribution in [0, 0.1) is 5.92 Å². The second-order valence-corrected chi connectivity index (χ2v) is 6.42. The summed E-state index contributed by atoms with van der Waals surface area (Å²) in [5.41, 5.74) is 2.54. The number of likely N-dealkylation sites (N-methyl/N-ethyl adjacent to an activating group) is 1. The lowest BCUT2D eigenvalue weighted by molar-refractivity contribution is 0.303. The van der Waals surface area contributed by atoms with Crippen LogP contribution in [-0.2, 0) is 6.42 Å². The van der Waals surface area contributed by atoms with Crippen LogP contribution in [0.5, 0.6) is 0 Å². The number of para-hydroxylation sites is 1. The predicted molar refractivity (Wildman–Crippen MR) is 89.5 cm³/mol. The van der Waals surface area contributed by atoms with Crippen molar-refractivity contribution in [2.24, 2.45) is 5.92 Å². The molecule has 1 unspecified atom stereocenters. The van der Waals surface area contributed by atoms with Gasteiger partial charge in [0.1, 0.15) is 0 Å². The molecule has 1 aliphatic carbocycles. The first-order chi connectivity index (χ1) is 10.4. The molecule has 2 heteroatoms. The molecule has 3 rings (SSSR count). The van der Waals surface area contributed by atoms with E-state index >= 15 is 0 Å². The first kappa shape index (κ1) is 14.5. The summed E-state index contributed by atoms with van der Waals surface area (Å²) in [5.74, 6) is 0.921. The Hall–Kier alpha value is -1.41. The number of aromatic nitrogens is 1. The Kier molecular flexibility index (Phi) is 4.87. The Labute approximate surface area is 128 Å². The third kappa shape index (κ3) is 3.62. The average Bonchev–Trinajstić information content (AvgIpc) is 2.55. The van der Waals surface area contributed by atoms with E-state index in [0.717, 1.165) is 17.9 Å². The first-order valence-corrected chi connectivity index (χ1v) is 8.36. The Morgan fingerprint density at radius 3 is 2.76 bits per heavy atom. The summed E-state index contributed by atoms with van der Waals surface area (Å²) < 4.78 is 0. The van der Waals surface area contributed by atoms with Gasteiger partial charge in [0.2, 0.25) is 0 Å². The minimum atomic E-state index is 0.582. The third-order valence-electron chi connectivity index (χ3n) is 4.96. The van der Waals surface area contributed by atoms with Crippen LogP contribution in [-0.4, -0.2) is 18.1 Å². The Bertz CT molecular complexity index is 567. The molecule has 1 N–H and O–H groups in total. The summed E-state index contributed by atoms with van der Waals surface area (Å²) in [7, 11) is 2.11. The maximum absolute atomic E-state index is 4.47. The Morgan fingerprint density at radius 1 is 1.14 bits per heavy atom. The van der Waals surface area contributed by atoms with E-state index in [9.17, 15) is 0 Å². The van der Waals surface area contributed by atoms with Crippen molar-refractivity contribution in [2.75, 3.05) is 7.05 Å². The number of hydrogen-bond donors (Lipinski definition) is 1. The van der Waals surface area contributed by atoms with Crippen molar-refractivity contribution < 1.29 is 0 Å². The van der Waals surface area contributed by atoms with Gasteiger partial charge in [0.05, 0.1) is 5.52 Å². The topological polar surface area (TPSA) is 24.9 Å². The summed E-state index contributed by atoms with van der Waals surface area (Å²) in [6.45, 7) is 0. The molecule has 0 radical (unpaired) electrons. The van der Waals surface area contributed by atoms with Crippen molar-refractivity contribution in [3.63, 3.8) is 0 Å². The maximum atomic E-state index is 4.47. The number of rotatable bonds is 5. The molecule has 1 heterocycles. The zero-order valence-corrected chi connectivity index (χ0v) is 13.0. The molecule has 0 bridgehead atoms. The van der Waals surface area contributed by atoms with Gasteiger partial charge in [0.25, 0.3) is 0 Å². The predicted octanol–water partition coefficient (Wildman–Crippen LogP) is 4.34. The number of nitrogens with one attached hydrogen (secondary N) is 1. The smallest absolute Gasteiger partial charge is 0.0704 e. The minimum absolute atomic E-state index is 0.582. The van der Waals surface area contributed by atoms with Crippen molar-refractivity contribution in [1.82, 2.24) is 10.3 Å². The molecule has 1 saturated carbocycles. The van der Waals surface area contributed by atoms with Crippen LogP contribution in [0.1, 0.15) is 44.1 Å². The molecule has 0 amide bonds. The minimum Gasteiger partial charge on any atom is -0.317 e. The Balaban J connectivity index is 1.72. The summed E-state index contributed by atoms with van der Waals surface area (Å²) >= 11 is 0. The quantitative estimate of drug-likeness (QED) is 0.882. The molecule has 1 aromatic carbocycles. The zero-order chi connectivity index (χ0) is 14.5. The van der Waals surface area contributed by atoms with Crippen LogP contribution in [0.25, 0.3) is 10.9 Å². The molecule has 1 fully saturated rings. The summed E-state index contributed by atoms with van der Waals surface area (Å²) in [6.07, 6.45) is 11.5. The fourth-order valence-electron chi connectivity index (χ4n) is 3.73. The van der Waals surface area contributed by atoms with E-state index in [-0.39, 0.29) is 0 Å². The number of fused-ring (bicyclic) bond motifs is 1. The maximum Gasteiger partial charge on any atom is 0.0704 e. The average molecular weight is 282 g/mol. The molecular formula is C19H26N2. The van der Waals surface area contributed by atoms with E-state index < -0.39 is 0 Å². The fourth-order valence-corrected chi connectivity index (χ4v) is 3.73. The monoisotopic (exact) mass is 282 g/mol. The van der Waals surface area contributed by atoms with Crippen molar-refractivity contribution in [1.29, 1.82) is 0 Å². The lowest BCUT2D eigenvalue weighted by Crippen LogP contribution is -2.30. The van der Waals surface area contributed by atoms with Gasteiger partial charge >= 0.3 is 0 Å². The lowest BCUT2D eigenvalue weighted by atomic mass is 9.83. The summed E-state index contributed by atoms with van der Waals surface area (Å²) in [6, 6.07) is 11.3. The van der Waals surface area contributed by atoms with Gasteiger partial charge in [-0.25, -0.2) is 0 Å². The standard InChI is InChI=1S/C19H26N2/c1-20-17(13-15-7-3-2-4-8-15)14-16-11-12-21-19-10-6-5-9-18(16)19/h5-6,9-12,15,17,20H,2-4,7-8,13-14H2,1H3. The highest BCUT2D eigenvalue weighted by Gasteiger charge is 2.18. The van der Waals surface area contributed by atoms with Gasteiger partial charge in [0.15, 0.2) is 0 Å². The van der Waals surface area contributed by atoms with Crippen LogP contribution in [0.3, 0.4) is 0 Å². The molecule has 1 atom stereocenters. The number of nitrogens with zero attached hydrogens (tertiary/aromatic N) is 1. The summed E-state index contributed by atoms with van der Waals surface area (Å²) in [4.78, 5) is 4.47. The Morgan fingerprint density at radius 2 is 1.95 bits per heavy atom. The molecule has 2 nitrogen and oxygen atoms in total. The molecule has 0 saturated heterocycles. The molecule has 1 aliphatic rings. The highest BCUT2D eigenvalue weighted by molar-refractivity contribution is 5.81. The van der Waals surface area contributed by atoms with Gasteiger partial charge in [-0.05, 0) is 43.5 Å². The van der Waals surface area contributed by atoms with Gasteiger partial charge in [-0.3, -0.25) is 4.98 Å². The van der Waals surface area contributed by atoms with E-state index in [2.05, 4.69) is 47.7 Å². The molecule has 2 aromatic rings. The largest absolute Gasteiger partial charge is 0.317 e. The van der Waals surface area contributed by atoms with E-state index in [4.69, 9.17) is 0 Å². The lowest BCUT2D eigenvalue weighted by Gasteiger charge is -2.26. The van der Waals surface area contributed by atoms with Crippen molar-refractivity contribution in [3.8, 4) is 0 Å². The highest BCUT2D eigenvalue weighted by Crippen LogP contribution is 2.28. The van der Waals surface area contributed by atoms with Crippen molar-refractivity contribution >= 4 is 10.9 Å². The molecular weight excluding hydrogens is 256 g/mol. The zero-order valence-electron chi connectivity index (χ0n) is 13.0. The van der Waals surface area contributed by atoms with Gasteiger partial charge in [-0.2, -0.15) is 0 Å². The van der Waals surface area contributed by atoms with Gasteiger partial charge in [0, 0.05) is 17.6 Å². The van der Waals surface area contributed by atoms with E-state index in [1.165, 1.54) is 49.5 Å². The van der Waals surface area contributed by atoms with Crippen LogP contribution in [0.2, 0.25) is 0 Å². The number of benzene rings is 1. The van der Waals surface area contributed by atoms with Crippen molar-refractivity contribution in [3.05, 3.63) is 42.1 Å². The second-order valence-electron chi connectivity index (χ2n) is 6.42. The SMILES string of the molecule is CNC(Cc1ccnc2ccccc12)CC1CCCCC1. The molecule has 0 spiro atoms. The van der Waals surface area contributed by atoms with Gasteiger partial charge in [-0.1, -0.05) is 50.3 Å². The van der Waals surface area contributed by atoms with Gasteiger partial charge in [-0.15, -0.1) is 0 Å². The molecule has 1 aromatic heterocycles. The molecule has 112 valence electrons. The second kappa shape index (κ2) is 7.04. The van der Waals surface area contributed by atoms with Crippen LogP contribution in [0.15, 0.2) is 36.5 Å². The van der Waals surface area contributed by atoms with Crippen LogP contribution < -0.4 is 5.32 Å². The third-order valence-corrected chi connectivity index (χ3v) is 4.96. The van der Waals surface area contributed by atoms with E-state index in [1.54, 1.807) is 0 Å². The highest BCUT2D eigenvalue weighted by atomic mass is 14.9.